The van der Waals surface area contributed by atoms with E-state index in [1.165, 1.54) is 7.11 Å². The van der Waals surface area contributed by atoms with Crippen molar-refractivity contribution in [2.24, 2.45) is 0 Å². The molecule has 1 atom stereocenters. The molecule has 2 aromatic carbocycles. The standard InChI is InChI=1S/C17H16Cl2O3/c1-11(17(20)21-2)22-15-7-3-12(4-8-15)9-13-5-6-14(18)10-16(13)19/h3-8,10-11H,9H2,1-2H3/t11-/m1/s1. The number of rotatable bonds is 5. The van der Waals surface area contributed by atoms with Gasteiger partial charge in [0.15, 0.2) is 6.10 Å². The van der Waals surface area contributed by atoms with Crippen LogP contribution in [0, 0.1) is 0 Å². The number of methoxy groups -OCH3 is 1. The fraction of sp³-hybridized carbons (Fsp3) is 0.235. The van der Waals surface area contributed by atoms with E-state index in [4.69, 9.17) is 27.9 Å². The molecule has 0 radical (unpaired) electrons. The third kappa shape index (κ3) is 4.39. The number of esters is 1. The van der Waals surface area contributed by atoms with E-state index < -0.39 is 12.1 Å². The van der Waals surface area contributed by atoms with Gasteiger partial charge in [-0.2, -0.15) is 0 Å². The summed E-state index contributed by atoms with van der Waals surface area (Å²) in [6, 6.07) is 13.0. The molecular formula is C17H16Cl2O3. The first-order chi connectivity index (χ1) is 10.5. The number of hydrogen-bond acceptors (Lipinski definition) is 3. The molecule has 0 heterocycles. The van der Waals surface area contributed by atoms with Crippen LogP contribution >= 0.6 is 23.2 Å². The first-order valence-electron chi connectivity index (χ1n) is 6.77. The second kappa shape index (κ2) is 7.52. The summed E-state index contributed by atoms with van der Waals surface area (Å²) >= 11 is 12.1. The number of benzene rings is 2. The predicted octanol–water partition coefficient (Wildman–Crippen LogP) is 4.52. The summed E-state index contributed by atoms with van der Waals surface area (Å²) in [5.41, 5.74) is 2.09. The van der Waals surface area contributed by atoms with Crippen LogP contribution in [0.5, 0.6) is 5.75 Å². The summed E-state index contributed by atoms with van der Waals surface area (Å²) in [5.74, 6) is 0.209. The average molecular weight is 339 g/mol. The Hall–Kier alpha value is -1.71. The largest absolute Gasteiger partial charge is 0.479 e. The molecule has 0 unspecified atom stereocenters. The molecule has 0 saturated heterocycles. The summed E-state index contributed by atoms with van der Waals surface area (Å²) in [7, 11) is 1.33. The Morgan fingerprint density at radius 3 is 2.41 bits per heavy atom. The molecule has 0 bridgehead atoms. The molecule has 0 spiro atoms. The van der Waals surface area contributed by atoms with Crippen molar-refractivity contribution in [1.29, 1.82) is 0 Å². The van der Waals surface area contributed by atoms with Crippen molar-refractivity contribution < 1.29 is 14.3 Å². The molecule has 116 valence electrons. The molecule has 0 aliphatic rings. The Labute approximate surface area is 139 Å². The van der Waals surface area contributed by atoms with Crippen molar-refractivity contribution in [3.8, 4) is 5.75 Å². The van der Waals surface area contributed by atoms with Gasteiger partial charge in [0.25, 0.3) is 0 Å². The van der Waals surface area contributed by atoms with Crippen molar-refractivity contribution in [3.05, 3.63) is 63.6 Å². The Morgan fingerprint density at radius 1 is 1.14 bits per heavy atom. The van der Waals surface area contributed by atoms with Gasteiger partial charge in [-0.25, -0.2) is 4.79 Å². The Morgan fingerprint density at radius 2 is 1.82 bits per heavy atom. The molecule has 0 aliphatic carbocycles. The zero-order valence-corrected chi connectivity index (χ0v) is 13.8. The van der Waals surface area contributed by atoms with Gasteiger partial charge in [-0.1, -0.05) is 41.4 Å². The molecule has 5 heteroatoms. The number of hydrogen-bond donors (Lipinski definition) is 0. The Balaban J connectivity index is 2.04. The maximum absolute atomic E-state index is 11.3. The van der Waals surface area contributed by atoms with Crippen LogP contribution in [0.25, 0.3) is 0 Å². The second-order valence-electron chi connectivity index (χ2n) is 4.84. The monoisotopic (exact) mass is 338 g/mol. The van der Waals surface area contributed by atoms with Crippen LogP contribution in [0.4, 0.5) is 0 Å². The van der Waals surface area contributed by atoms with Gasteiger partial charge in [0.2, 0.25) is 0 Å². The normalized spacial score (nSPS) is 11.8. The van der Waals surface area contributed by atoms with Crippen LogP contribution in [0.15, 0.2) is 42.5 Å². The lowest BCUT2D eigenvalue weighted by atomic mass is 10.0. The minimum Gasteiger partial charge on any atom is -0.479 e. The third-order valence-electron chi connectivity index (χ3n) is 3.18. The second-order valence-corrected chi connectivity index (χ2v) is 5.68. The highest BCUT2D eigenvalue weighted by atomic mass is 35.5. The third-order valence-corrected chi connectivity index (χ3v) is 3.77. The van der Waals surface area contributed by atoms with Crippen LogP contribution in [0.2, 0.25) is 10.0 Å². The van der Waals surface area contributed by atoms with Gasteiger partial charge in [0, 0.05) is 10.0 Å². The highest BCUT2D eigenvalue weighted by molar-refractivity contribution is 6.35. The molecule has 0 N–H and O–H groups in total. The van der Waals surface area contributed by atoms with E-state index >= 15 is 0 Å². The molecule has 0 fully saturated rings. The van der Waals surface area contributed by atoms with Gasteiger partial charge < -0.3 is 9.47 Å². The van der Waals surface area contributed by atoms with E-state index in [9.17, 15) is 4.79 Å². The Bertz CT molecular complexity index is 653. The van der Waals surface area contributed by atoms with Gasteiger partial charge >= 0.3 is 5.97 Å². The molecule has 22 heavy (non-hydrogen) atoms. The summed E-state index contributed by atoms with van der Waals surface area (Å²) in [6.07, 6.45) is 0.0598. The number of halogens is 2. The molecule has 0 amide bonds. The smallest absolute Gasteiger partial charge is 0.346 e. The lowest BCUT2D eigenvalue weighted by molar-refractivity contribution is -0.147. The molecule has 3 nitrogen and oxygen atoms in total. The van der Waals surface area contributed by atoms with Crippen LogP contribution in [-0.2, 0) is 16.0 Å². The zero-order chi connectivity index (χ0) is 16.1. The minimum absolute atomic E-state index is 0.406. The van der Waals surface area contributed by atoms with E-state index in [0.717, 1.165) is 11.1 Å². The predicted molar refractivity (Wildman–Crippen MR) is 87.8 cm³/mol. The molecule has 0 aliphatic heterocycles. The molecule has 2 aromatic rings. The fourth-order valence-electron chi connectivity index (χ4n) is 1.99. The summed E-state index contributed by atoms with van der Waals surface area (Å²) in [5, 5.41) is 1.27. The summed E-state index contributed by atoms with van der Waals surface area (Å²) < 4.78 is 10.1. The molecular weight excluding hydrogens is 323 g/mol. The highest BCUT2D eigenvalue weighted by Crippen LogP contribution is 2.24. The van der Waals surface area contributed by atoms with Crippen molar-refractivity contribution >= 4 is 29.2 Å². The van der Waals surface area contributed by atoms with E-state index in [0.29, 0.717) is 22.2 Å². The van der Waals surface area contributed by atoms with Crippen LogP contribution in [0.1, 0.15) is 18.1 Å². The maximum atomic E-state index is 11.3. The lowest BCUT2D eigenvalue weighted by Crippen LogP contribution is -2.24. The maximum Gasteiger partial charge on any atom is 0.346 e. The first-order valence-corrected chi connectivity index (χ1v) is 7.52. The molecule has 0 aromatic heterocycles. The van der Waals surface area contributed by atoms with Crippen LogP contribution in [0.3, 0.4) is 0 Å². The fourth-order valence-corrected chi connectivity index (χ4v) is 2.46. The van der Waals surface area contributed by atoms with E-state index in [1.54, 1.807) is 13.0 Å². The molecule has 0 saturated carbocycles. The van der Waals surface area contributed by atoms with Gasteiger partial charge in [-0.3, -0.25) is 0 Å². The summed E-state index contributed by atoms with van der Waals surface area (Å²) in [6.45, 7) is 1.65. The van der Waals surface area contributed by atoms with Crippen LogP contribution < -0.4 is 4.74 Å². The van der Waals surface area contributed by atoms with Gasteiger partial charge in [0.1, 0.15) is 5.75 Å². The minimum atomic E-state index is -0.637. The quantitative estimate of drug-likeness (QED) is 0.751. The van der Waals surface area contributed by atoms with Gasteiger partial charge in [-0.15, -0.1) is 0 Å². The highest BCUT2D eigenvalue weighted by Gasteiger charge is 2.14. The topological polar surface area (TPSA) is 35.5 Å². The van der Waals surface area contributed by atoms with E-state index in [2.05, 4.69) is 4.74 Å². The Kier molecular flexibility index (Phi) is 5.69. The van der Waals surface area contributed by atoms with Crippen molar-refractivity contribution in [2.75, 3.05) is 7.11 Å². The van der Waals surface area contributed by atoms with Crippen molar-refractivity contribution in [2.45, 2.75) is 19.4 Å². The lowest BCUT2D eigenvalue weighted by Gasteiger charge is -2.13. The number of ether oxygens (including phenoxy) is 2. The van der Waals surface area contributed by atoms with E-state index in [-0.39, 0.29) is 0 Å². The van der Waals surface area contributed by atoms with Crippen molar-refractivity contribution in [3.63, 3.8) is 0 Å². The van der Waals surface area contributed by atoms with E-state index in [1.807, 2.05) is 36.4 Å². The number of carbonyl (C=O) groups is 1. The molecule has 2 rings (SSSR count). The number of carbonyl (C=O) groups excluding carboxylic acids is 1. The SMILES string of the molecule is COC(=O)[C@@H](C)Oc1ccc(Cc2ccc(Cl)cc2Cl)cc1. The van der Waals surface area contributed by atoms with Gasteiger partial charge in [-0.05, 0) is 48.7 Å². The van der Waals surface area contributed by atoms with Crippen LogP contribution in [-0.4, -0.2) is 19.2 Å². The zero-order valence-electron chi connectivity index (χ0n) is 12.3. The summed E-state index contributed by atoms with van der Waals surface area (Å²) in [4.78, 5) is 11.3. The average Bonchev–Trinajstić information content (AvgIpc) is 2.51. The van der Waals surface area contributed by atoms with Crippen molar-refractivity contribution in [1.82, 2.24) is 0 Å². The van der Waals surface area contributed by atoms with Gasteiger partial charge in [0.05, 0.1) is 7.11 Å². The first kappa shape index (κ1) is 16.7.